The first-order valence-electron chi connectivity index (χ1n) is 8.04. The van der Waals surface area contributed by atoms with Gasteiger partial charge in [0.05, 0.1) is 5.69 Å². The first-order chi connectivity index (χ1) is 9.24. The van der Waals surface area contributed by atoms with Crippen LogP contribution in [0.2, 0.25) is 0 Å². The number of rotatable bonds is 7. The van der Waals surface area contributed by atoms with E-state index in [-0.39, 0.29) is 0 Å². The van der Waals surface area contributed by atoms with Crippen LogP contribution in [0.4, 0.5) is 0 Å². The van der Waals surface area contributed by atoms with Crippen molar-refractivity contribution in [1.82, 2.24) is 15.1 Å². The van der Waals surface area contributed by atoms with Crippen LogP contribution < -0.4 is 5.32 Å². The second kappa shape index (κ2) is 5.28. The Morgan fingerprint density at radius 3 is 2.68 bits per heavy atom. The van der Waals surface area contributed by atoms with Crippen LogP contribution in [0.3, 0.4) is 0 Å². The van der Waals surface area contributed by atoms with Crippen molar-refractivity contribution in [2.24, 2.45) is 5.41 Å². The van der Waals surface area contributed by atoms with Crippen LogP contribution in [0.15, 0.2) is 6.07 Å². The minimum atomic E-state index is 0.528. The lowest BCUT2D eigenvalue weighted by Gasteiger charge is -2.42. The zero-order valence-corrected chi connectivity index (χ0v) is 12.4. The molecule has 2 saturated carbocycles. The van der Waals surface area contributed by atoms with Crippen molar-refractivity contribution in [3.8, 4) is 0 Å². The van der Waals surface area contributed by atoms with Gasteiger partial charge in [0.25, 0.3) is 0 Å². The lowest BCUT2D eigenvalue weighted by atomic mass is 9.66. The predicted octanol–water partition coefficient (Wildman–Crippen LogP) is 2.93. The molecule has 0 saturated heterocycles. The van der Waals surface area contributed by atoms with Crippen molar-refractivity contribution in [3.63, 3.8) is 0 Å². The topological polar surface area (TPSA) is 29.9 Å². The highest BCUT2D eigenvalue weighted by Crippen LogP contribution is 2.43. The molecule has 19 heavy (non-hydrogen) atoms. The highest BCUT2D eigenvalue weighted by atomic mass is 15.3. The van der Waals surface area contributed by atoms with Crippen LogP contribution in [0.5, 0.6) is 0 Å². The molecule has 0 radical (unpaired) electrons. The molecule has 3 heteroatoms. The SMILES string of the molecule is CCc1cc(CC2(CNC3CC3)CCC2)n(CC)n1. The summed E-state index contributed by atoms with van der Waals surface area (Å²) in [5.74, 6) is 0. The third-order valence-corrected chi connectivity index (χ3v) is 4.89. The monoisotopic (exact) mass is 261 g/mol. The summed E-state index contributed by atoms with van der Waals surface area (Å²) in [5.41, 5.74) is 3.23. The quantitative estimate of drug-likeness (QED) is 0.818. The Labute approximate surface area is 116 Å². The highest BCUT2D eigenvalue weighted by Gasteiger charge is 2.39. The van der Waals surface area contributed by atoms with Gasteiger partial charge in [-0.2, -0.15) is 5.10 Å². The molecule has 0 spiro atoms. The molecule has 0 aliphatic heterocycles. The number of hydrogen-bond acceptors (Lipinski definition) is 2. The Kier molecular flexibility index (Phi) is 3.66. The minimum Gasteiger partial charge on any atom is -0.313 e. The summed E-state index contributed by atoms with van der Waals surface area (Å²) in [4.78, 5) is 0. The second-order valence-electron chi connectivity index (χ2n) is 6.48. The molecule has 1 aromatic rings. The molecule has 3 rings (SSSR count). The van der Waals surface area contributed by atoms with E-state index in [4.69, 9.17) is 5.10 Å². The average Bonchev–Trinajstić information content (AvgIpc) is 3.12. The molecular formula is C16H27N3. The van der Waals surface area contributed by atoms with Gasteiger partial charge in [0.1, 0.15) is 0 Å². The predicted molar refractivity (Wildman–Crippen MR) is 78.3 cm³/mol. The lowest BCUT2D eigenvalue weighted by Crippen LogP contribution is -2.42. The molecule has 0 unspecified atom stereocenters. The number of aryl methyl sites for hydroxylation is 2. The van der Waals surface area contributed by atoms with Gasteiger partial charge < -0.3 is 5.32 Å². The van der Waals surface area contributed by atoms with Gasteiger partial charge in [-0.3, -0.25) is 4.68 Å². The molecule has 106 valence electrons. The smallest absolute Gasteiger partial charge is 0.0624 e. The summed E-state index contributed by atoms with van der Waals surface area (Å²) in [5, 5.41) is 8.44. The molecule has 0 atom stereocenters. The summed E-state index contributed by atoms with van der Waals surface area (Å²) in [6, 6.07) is 3.17. The Balaban J connectivity index is 1.68. The van der Waals surface area contributed by atoms with E-state index in [0.29, 0.717) is 5.41 Å². The van der Waals surface area contributed by atoms with E-state index >= 15 is 0 Å². The summed E-state index contributed by atoms with van der Waals surface area (Å²) in [7, 11) is 0. The Hall–Kier alpha value is -0.830. The summed E-state index contributed by atoms with van der Waals surface area (Å²) >= 11 is 0. The maximum Gasteiger partial charge on any atom is 0.0624 e. The third-order valence-electron chi connectivity index (χ3n) is 4.89. The fraction of sp³-hybridized carbons (Fsp3) is 0.812. The maximum atomic E-state index is 4.69. The van der Waals surface area contributed by atoms with Crippen molar-refractivity contribution in [3.05, 3.63) is 17.5 Å². The first kappa shape index (κ1) is 13.2. The van der Waals surface area contributed by atoms with Gasteiger partial charge in [-0.05, 0) is 56.9 Å². The third kappa shape index (κ3) is 2.86. The van der Waals surface area contributed by atoms with Gasteiger partial charge in [-0.15, -0.1) is 0 Å². The molecule has 0 aromatic carbocycles. The van der Waals surface area contributed by atoms with Gasteiger partial charge in [0.15, 0.2) is 0 Å². The van der Waals surface area contributed by atoms with Gasteiger partial charge in [0, 0.05) is 24.8 Å². The molecule has 0 bridgehead atoms. The van der Waals surface area contributed by atoms with Crippen molar-refractivity contribution in [1.29, 1.82) is 0 Å². The van der Waals surface area contributed by atoms with Crippen molar-refractivity contribution < 1.29 is 0 Å². The van der Waals surface area contributed by atoms with Gasteiger partial charge >= 0.3 is 0 Å². The van der Waals surface area contributed by atoms with Gasteiger partial charge in [-0.1, -0.05) is 13.3 Å². The van der Waals surface area contributed by atoms with E-state index in [1.54, 1.807) is 0 Å². The normalized spacial score (nSPS) is 21.4. The molecule has 1 heterocycles. The summed E-state index contributed by atoms with van der Waals surface area (Å²) in [6.07, 6.45) is 9.24. The molecule has 3 nitrogen and oxygen atoms in total. The second-order valence-corrected chi connectivity index (χ2v) is 6.48. The highest BCUT2D eigenvalue weighted by molar-refractivity contribution is 5.14. The molecule has 2 fully saturated rings. The fourth-order valence-electron chi connectivity index (χ4n) is 3.23. The summed E-state index contributed by atoms with van der Waals surface area (Å²) < 4.78 is 2.22. The summed E-state index contributed by atoms with van der Waals surface area (Å²) in [6.45, 7) is 6.61. The minimum absolute atomic E-state index is 0.528. The van der Waals surface area contributed by atoms with E-state index in [9.17, 15) is 0 Å². The van der Waals surface area contributed by atoms with E-state index in [1.165, 1.54) is 56.5 Å². The standard InChI is InChI=1S/C16H27N3/c1-3-13-10-15(19(4-2)18-13)11-16(8-5-9-16)12-17-14-6-7-14/h10,14,17H,3-9,11-12H2,1-2H3. The number of nitrogens with one attached hydrogen (secondary N) is 1. The van der Waals surface area contributed by atoms with Crippen molar-refractivity contribution >= 4 is 0 Å². The van der Waals surface area contributed by atoms with Crippen LogP contribution in [0, 0.1) is 5.41 Å². The van der Waals surface area contributed by atoms with E-state index < -0.39 is 0 Å². The maximum absolute atomic E-state index is 4.69. The average molecular weight is 261 g/mol. The van der Waals surface area contributed by atoms with Crippen LogP contribution in [-0.2, 0) is 19.4 Å². The van der Waals surface area contributed by atoms with Gasteiger partial charge in [0.2, 0.25) is 0 Å². The van der Waals surface area contributed by atoms with Crippen LogP contribution in [0.25, 0.3) is 0 Å². The molecule has 1 aromatic heterocycles. The number of hydrogen-bond donors (Lipinski definition) is 1. The molecule has 2 aliphatic carbocycles. The first-order valence-corrected chi connectivity index (χ1v) is 8.04. The Morgan fingerprint density at radius 1 is 1.37 bits per heavy atom. The fourth-order valence-corrected chi connectivity index (χ4v) is 3.23. The Morgan fingerprint density at radius 2 is 2.16 bits per heavy atom. The van der Waals surface area contributed by atoms with E-state index in [1.807, 2.05) is 0 Å². The number of nitrogens with zero attached hydrogens (tertiary/aromatic N) is 2. The zero-order chi connectivity index (χ0) is 13.3. The molecule has 2 aliphatic rings. The largest absolute Gasteiger partial charge is 0.313 e. The van der Waals surface area contributed by atoms with E-state index in [2.05, 4.69) is 29.9 Å². The van der Waals surface area contributed by atoms with E-state index in [0.717, 1.165) is 19.0 Å². The van der Waals surface area contributed by atoms with Crippen LogP contribution >= 0.6 is 0 Å². The lowest BCUT2D eigenvalue weighted by molar-refractivity contribution is 0.126. The van der Waals surface area contributed by atoms with Crippen molar-refractivity contribution in [2.75, 3.05) is 6.54 Å². The van der Waals surface area contributed by atoms with Crippen LogP contribution in [0.1, 0.15) is 57.3 Å². The Bertz CT molecular complexity index is 427. The molecule has 0 amide bonds. The van der Waals surface area contributed by atoms with Crippen LogP contribution in [-0.4, -0.2) is 22.4 Å². The molecule has 1 N–H and O–H groups in total. The zero-order valence-electron chi connectivity index (χ0n) is 12.4. The number of aromatic nitrogens is 2. The van der Waals surface area contributed by atoms with Gasteiger partial charge in [-0.25, -0.2) is 0 Å². The molecular weight excluding hydrogens is 234 g/mol. The van der Waals surface area contributed by atoms with Crippen molar-refractivity contribution in [2.45, 2.75) is 71.4 Å².